The van der Waals surface area contributed by atoms with Gasteiger partial charge in [0.05, 0.1) is 30.6 Å². The van der Waals surface area contributed by atoms with E-state index in [1.807, 2.05) is 37.5 Å². The zero-order chi connectivity index (χ0) is 31.9. The summed E-state index contributed by atoms with van der Waals surface area (Å²) in [5.74, 6) is 0.756. The third-order valence-corrected chi connectivity index (χ3v) is 8.68. The number of alkyl halides is 3. The summed E-state index contributed by atoms with van der Waals surface area (Å²) in [5.41, 5.74) is 4.34. The van der Waals surface area contributed by atoms with Gasteiger partial charge in [0, 0.05) is 17.3 Å². The first-order valence-electron chi connectivity index (χ1n) is 13.7. The van der Waals surface area contributed by atoms with E-state index >= 15 is 0 Å². The Labute approximate surface area is 260 Å². The lowest BCUT2D eigenvalue weighted by atomic mass is 10.0. The van der Waals surface area contributed by atoms with Crippen LogP contribution in [0.5, 0.6) is 11.5 Å². The number of carbonyl (C=O) groups is 1. The molecule has 2 aliphatic rings. The van der Waals surface area contributed by atoms with E-state index < -0.39 is 12.4 Å². The summed E-state index contributed by atoms with van der Waals surface area (Å²) >= 11 is 1.52. The molecule has 0 spiro atoms. The molecule has 230 valence electrons. The van der Waals surface area contributed by atoms with E-state index in [0.29, 0.717) is 22.6 Å². The smallest absolute Gasteiger partial charge is 0.497 e. The number of methoxy groups -OCH3 is 1. The van der Waals surface area contributed by atoms with Crippen molar-refractivity contribution in [3.05, 3.63) is 95.3 Å². The van der Waals surface area contributed by atoms with E-state index in [4.69, 9.17) is 4.74 Å². The third kappa shape index (κ3) is 5.86. The Bertz CT molecular complexity index is 1800. The molecular formula is C31H26F3N7O3S. The highest BCUT2D eigenvalue weighted by Gasteiger charge is 2.43. The molecule has 14 heteroatoms. The van der Waals surface area contributed by atoms with Gasteiger partial charge in [-0.15, -0.1) is 18.3 Å². The number of carbonyl (C=O) groups excluding carboxylic acids is 1. The average Bonchev–Trinajstić information content (AvgIpc) is 3.67. The Balaban J connectivity index is 1.17. The highest BCUT2D eigenvalue weighted by Crippen LogP contribution is 2.48. The van der Waals surface area contributed by atoms with Gasteiger partial charge in [0.2, 0.25) is 0 Å². The van der Waals surface area contributed by atoms with Gasteiger partial charge in [-0.2, -0.15) is 5.26 Å². The van der Waals surface area contributed by atoms with Crippen molar-refractivity contribution < 1.29 is 27.4 Å². The SMILES string of the molecule is COc1ccc2c(c1)N1C(C)=CSC1N(C(=O)NC(C#N)c1ccc(-c3ncn(-c4ccc(OC(F)(F)F)cc4)n3)cc1)C2C. The molecular weight excluding hydrogens is 607 g/mol. The second-order valence-corrected chi connectivity index (χ2v) is 11.2. The van der Waals surface area contributed by atoms with Crippen LogP contribution in [0.3, 0.4) is 0 Å². The number of allylic oxidation sites excluding steroid dienone is 1. The van der Waals surface area contributed by atoms with Crippen LogP contribution >= 0.6 is 11.8 Å². The first-order chi connectivity index (χ1) is 21.6. The Morgan fingerprint density at radius 1 is 1.09 bits per heavy atom. The molecule has 0 aliphatic carbocycles. The summed E-state index contributed by atoms with van der Waals surface area (Å²) in [6, 6.07) is 18.6. The molecule has 0 saturated heterocycles. The predicted octanol–water partition coefficient (Wildman–Crippen LogP) is 6.89. The lowest BCUT2D eigenvalue weighted by molar-refractivity contribution is -0.274. The Kier molecular flexibility index (Phi) is 7.80. The van der Waals surface area contributed by atoms with Crippen molar-refractivity contribution in [3.63, 3.8) is 0 Å². The number of nitriles is 1. The van der Waals surface area contributed by atoms with Crippen LogP contribution in [0.1, 0.15) is 37.1 Å². The molecule has 0 bridgehead atoms. The molecule has 45 heavy (non-hydrogen) atoms. The van der Waals surface area contributed by atoms with Crippen molar-refractivity contribution in [2.45, 2.75) is 37.8 Å². The molecule has 3 unspecified atom stereocenters. The predicted molar refractivity (Wildman–Crippen MR) is 161 cm³/mol. The summed E-state index contributed by atoms with van der Waals surface area (Å²) in [5, 5.41) is 19.3. The topological polar surface area (TPSA) is 109 Å². The van der Waals surface area contributed by atoms with Gasteiger partial charge in [-0.1, -0.05) is 42.1 Å². The van der Waals surface area contributed by atoms with Gasteiger partial charge >= 0.3 is 12.4 Å². The van der Waals surface area contributed by atoms with E-state index in [1.165, 1.54) is 47.0 Å². The van der Waals surface area contributed by atoms with Crippen LogP contribution in [0.15, 0.2) is 84.2 Å². The van der Waals surface area contributed by atoms with Gasteiger partial charge in [0.1, 0.15) is 23.9 Å². The number of nitrogens with one attached hydrogen (secondary N) is 1. The van der Waals surface area contributed by atoms with E-state index in [0.717, 1.165) is 22.7 Å². The van der Waals surface area contributed by atoms with Crippen LogP contribution < -0.4 is 19.7 Å². The Morgan fingerprint density at radius 2 is 1.80 bits per heavy atom. The third-order valence-electron chi connectivity index (χ3n) is 7.52. The number of halogens is 3. The molecule has 0 saturated carbocycles. The second kappa shape index (κ2) is 11.7. The molecule has 3 heterocycles. The quantitative estimate of drug-likeness (QED) is 0.245. The maximum absolute atomic E-state index is 13.7. The number of urea groups is 1. The van der Waals surface area contributed by atoms with Gasteiger partial charge < -0.3 is 19.7 Å². The van der Waals surface area contributed by atoms with Crippen molar-refractivity contribution in [2.24, 2.45) is 0 Å². The molecule has 3 aromatic carbocycles. The highest BCUT2D eigenvalue weighted by molar-refractivity contribution is 8.03. The average molecular weight is 634 g/mol. The van der Waals surface area contributed by atoms with Gasteiger partial charge in [-0.05, 0) is 60.7 Å². The van der Waals surface area contributed by atoms with E-state index in [1.54, 1.807) is 36.3 Å². The van der Waals surface area contributed by atoms with Gasteiger partial charge in [0.15, 0.2) is 11.3 Å². The largest absolute Gasteiger partial charge is 0.573 e. The van der Waals surface area contributed by atoms with Crippen LogP contribution in [-0.4, -0.2) is 44.7 Å². The number of nitrogens with zero attached hydrogens (tertiary/aromatic N) is 6. The van der Waals surface area contributed by atoms with Crippen molar-refractivity contribution in [1.29, 1.82) is 5.26 Å². The molecule has 1 aromatic heterocycles. The molecule has 1 N–H and O–H groups in total. The zero-order valence-corrected chi connectivity index (χ0v) is 25.0. The number of amides is 2. The summed E-state index contributed by atoms with van der Waals surface area (Å²) in [6.07, 6.45) is -3.34. The Hall–Kier alpha value is -5.16. The summed E-state index contributed by atoms with van der Waals surface area (Å²) in [6.45, 7) is 3.95. The number of hydrogen-bond donors (Lipinski definition) is 1. The number of rotatable bonds is 6. The Morgan fingerprint density at radius 3 is 2.47 bits per heavy atom. The van der Waals surface area contributed by atoms with Crippen LogP contribution in [0.25, 0.3) is 17.1 Å². The molecule has 2 aliphatic heterocycles. The highest BCUT2D eigenvalue weighted by atomic mass is 32.2. The lowest BCUT2D eigenvalue weighted by Gasteiger charge is -2.46. The number of thioether (sulfide) groups is 1. The summed E-state index contributed by atoms with van der Waals surface area (Å²) in [4.78, 5) is 21.9. The fraction of sp³-hybridized carbons (Fsp3) is 0.226. The fourth-order valence-corrected chi connectivity index (χ4v) is 6.56. The maximum atomic E-state index is 13.7. The molecule has 3 atom stereocenters. The number of aromatic nitrogens is 3. The summed E-state index contributed by atoms with van der Waals surface area (Å²) in [7, 11) is 1.62. The van der Waals surface area contributed by atoms with E-state index in [9.17, 15) is 23.2 Å². The van der Waals surface area contributed by atoms with Crippen molar-refractivity contribution in [3.8, 4) is 34.6 Å². The van der Waals surface area contributed by atoms with Crippen molar-refractivity contribution >= 4 is 23.5 Å². The van der Waals surface area contributed by atoms with Gasteiger partial charge in [0.25, 0.3) is 0 Å². The number of ether oxygens (including phenoxy) is 2. The van der Waals surface area contributed by atoms with Crippen molar-refractivity contribution in [2.75, 3.05) is 12.0 Å². The first-order valence-corrected chi connectivity index (χ1v) is 14.7. The molecule has 0 fully saturated rings. The van der Waals surface area contributed by atoms with E-state index in [-0.39, 0.29) is 23.3 Å². The monoisotopic (exact) mass is 633 g/mol. The van der Waals surface area contributed by atoms with Gasteiger partial charge in [-0.3, -0.25) is 4.90 Å². The van der Waals surface area contributed by atoms with Crippen molar-refractivity contribution in [1.82, 2.24) is 25.0 Å². The number of hydrogen-bond acceptors (Lipinski definition) is 8. The van der Waals surface area contributed by atoms with Crippen LogP contribution in [-0.2, 0) is 0 Å². The lowest BCUT2D eigenvalue weighted by Crippen LogP contribution is -2.54. The second-order valence-electron chi connectivity index (χ2n) is 10.3. The molecule has 2 amide bonds. The van der Waals surface area contributed by atoms with Crippen LogP contribution in [0.4, 0.5) is 23.7 Å². The van der Waals surface area contributed by atoms with Gasteiger partial charge in [-0.25, -0.2) is 14.5 Å². The fourth-order valence-electron chi connectivity index (χ4n) is 5.31. The van der Waals surface area contributed by atoms with Crippen LogP contribution in [0.2, 0.25) is 0 Å². The normalized spacial score (nSPS) is 17.9. The number of anilines is 1. The minimum absolute atomic E-state index is 0.268. The molecule has 10 nitrogen and oxygen atoms in total. The maximum Gasteiger partial charge on any atom is 0.573 e. The molecule has 6 rings (SSSR count). The van der Waals surface area contributed by atoms with Crippen LogP contribution in [0, 0.1) is 11.3 Å². The molecule has 4 aromatic rings. The molecule has 0 radical (unpaired) electrons. The van der Waals surface area contributed by atoms with E-state index in [2.05, 4.69) is 31.1 Å². The first kappa shape index (κ1) is 29.9. The minimum Gasteiger partial charge on any atom is -0.497 e. The minimum atomic E-state index is -4.78. The number of benzene rings is 3. The number of fused-ring (bicyclic) bond motifs is 3. The summed E-state index contributed by atoms with van der Waals surface area (Å²) < 4.78 is 48.1. The standard InChI is InChI=1S/C31H26F3N7O3S/c1-18-16-45-30-40(18)27-14-24(43-3)12-13-25(27)19(2)41(30)29(42)37-26(15-35)20-4-6-21(7-5-20)28-36-17-39(38-28)22-8-10-23(11-9-22)44-31(32,33)34/h4-14,16-17,19,26,30H,1-3H3,(H,37,42). The zero-order valence-electron chi connectivity index (χ0n) is 24.2.